The first kappa shape index (κ1) is 11.0. The van der Waals surface area contributed by atoms with E-state index in [2.05, 4.69) is 11.9 Å². The smallest absolute Gasteiger partial charge is 0.350 e. The number of carbonyl (C=O) groups excluding carboxylic acids is 1. The van der Waals surface area contributed by atoms with Crippen LogP contribution in [0.15, 0.2) is 12.2 Å². The molecule has 0 heterocycles. The zero-order valence-corrected chi connectivity index (χ0v) is 6.83. The Morgan fingerprint density at radius 2 is 1.83 bits per heavy atom. The monoisotopic (exact) mass is 181 g/mol. The van der Waals surface area contributed by atoms with Gasteiger partial charge >= 0.3 is 6.18 Å². The lowest BCUT2D eigenvalue weighted by Crippen LogP contribution is -2.35. The van der Waals surface area contributed by atoms with E-state index in [4.69, 9.17) is 0 Å². The molecule has 0 radical (unpaired) electrons. The number of hydrogen-bond acceptors (Lipinski definition) is 1. The molecule has 5 heteroatoms. The highest BCUT2D eigenvalue weighted by Gasteiger charge is 2.36. The van der Waals surface area contributed by atoms with Crippen molar-refractivity contribution in [2.24, 2.45) is 0 Å². The first-order valence-electron chi connectivity index (χ1n) is 3.32. The normalized spacial score (nSPS) is 11.5. The van der Waals surface area contributed by atoms with Crippen LogP contribution in [0.1, 0.15) is 13.8 Å². The maximum Gasteiger partial charge on any atom is 0.421 e. The molecule has 12 heavy (non-hydrogen) atoms. The molecular weight excluding hydrogens is 171 g/mol. The molecule has 1 N–H and O–H groups in total. The molecule has 0 aliphatic heterocycles. The number of halogens is 3. The number of nitrogens with one attached hydrogen (secondary N) is 1. The van der Waals surface area contributed by atoms with Gasteiger partial charge < -0.3 is 5.32 Å². The molecule has 0 aromatic heterocycles. The first-order valence-corrected chi connectivity index (χ1v) is 3.32. The van der Waals surface area contributed by atoms with E-state index < -0.39 is 17.7 Å². The van der Waals surface area contributed by atoms with Crippen molar-refractivity contribution in [2.45, 2.75) is 26.1 Å². The van der Waals surface area contributed by atoms with Gasteiger partial charge in [-0.05, 0) is 13.8 Å². The van der Waals surface area contributed by atoms with Gasteiger partial charge in [0.15, 0.2) is 0 Å². The third-order valence-corrected chi connectivity index (χ3v) is 1.04. The van der Waals surface area contributed by atoms with Gasteiger partial charge in [0.05, 0.1) is 0 Å². The Morgan fingerprint density at radius 1 is 1.42 bits per heavy atom. The molecule has 0 atom stereocenters. The standard InChI is InChI=1S/C7H10F3NO/c1-4(2)11-6(12)5(3)7(8,9)10/h4H,3H2,1-2H3,(H,11,12). The summed E-state index contributed by atoms with van der Waals surface area (Å²) in [4.78, 5) is 10.7. The number of rotatable bonds is 2. The SMILES string of the molecule is C=C(C(=O)NC(C)C)C(F)(F)F. The summed E-state index contributed by atoms with van der Waals surface area (Å²) in [5.41, 5.74) is -1.36. The Labute approximate surface area is 68.4 Å². The topological polar surface area (TPSA) is 29.1 Å². The quantitative estimate of drug-likeness (QED) is 0.644. The van der Waals surface area contributed by atoms with Crippen LogP contribution >= 0.6 is 0 Å². The second kappa shape index (κ2) is 3.60. The Balaban J connectivity index is 4.22. The third-order valence-electron chi connectivity index (χ3n) is 1.04. The number of carbonyl (C=O) groups is 1. The van der Waals surface area contributed by atoms with Crippen molar-refractivity contribution >= 4 is 5.91 Å². The zero-order chi connectivity index (χ0) is 9.94. The zero-order valence-electron chi connectivity index (χ0n) is 6.83. The predicted molar refractivity (Wildman–Crippen MR) is 38.5 cm³/mol. The Kier molecular flexibility index (Phi) is 3.30. The summed E-state index contributed by atoms with van der Waals surface area (Å²) in [6.07, 6.45) is -4.64. The maximum absolute atomic E-state index is 11.8. The molecule has 0 rings (SSSR count). The molecule has 2 nitrogen and oxygen atoms in total. The van der Waals surface area contributed by atoms with Crippen molar-refractivity contribution < 1.29 is 18.0 Å². The minimum Gasteiger partial charge on any atom is -0.350 e. The van der Waals surface area contributed by atoms with E-state index in [1.165, 1.54) is 0 Å². The van der Waals surface area contributed by atoms with Crippen LogP contribution in [0, 0.1) is 0 Å². The lowest BCUT2D eigenvalue weighted by Gasteiger charge is -2.12. The average molecular weight is 181 g/mol. The highest BCUT2D eigenvalue weighted by Crippen LogP contribution is 2.23. The summed E-state index contributed by atoms with van der Waals surface area (Å²) in [5.74, 6) is -1.17. The molecular formula is C7H10F3NO. The molecule has 0 saturated carbocycles. The van der Waals surface area contributed by atoms with Gasteiger partial charge in [0.2, 0.25) is 0 Å². The summed E-state index contributed by atoms with van der Waals surface area (Å²) in [5, 5.41) is 2.09. The molecule has 0 aromatic carbocycles. The van der Waals surface area contributed by atoms with E-state index in [0.717, 1.165) is 0 Å². The van der Waals surface area contributed by atoms with E-state index in [0.29, 0.717) is 0 Å². The molecule has 0 aliphatic rings. The van der Waals surface area contributed by atoms with E-state index in [9.17, 15) is 18.0 Å². The molecule has 0 saturated heterocycles. The van der Waals surface area contributed by atoms with Gasteiger partial charge in [-0.2, -0.15) is 13.2 Å². The van der Waals surface area contributed by atoms with E-state index in [1.54, 1.807) is 13.8 Å². The summed E-state index contributed by atoms with van der Waals surface area (Å²) >= 11 is 0. The van der Waals surface area contributed by atoms with Crippen molar-refractivity contribution in [3.05, 3.63) is 12.2 Å². The van der Waals surface area contributed by atoms with Crippen LogP contribution in [0.4, 0.5) is 13.2 Å². The van der Waals surface area contributed by atoms with Crippen LogP contribution in [-0.4, -0.2) is 18.1 Å². The van der Waals surface area contributed by atoms with E-state index in [-0.39, 0.29) is 6.04 Å². The van der Waals surface area contributed by atoms with Gasteiger partial charge in [-0.1, -0.05) is 6.58 Å². The van der Waals surface area contributed by atoms with Crippen molar-refractivity contribution in [1.82, 2.24) is 5.32 Å². The summed E-state index contributed by atoms with van der Waals surface area (Å²) < 4.78 is 35.4. The lowest BCUT2D eigenvalue weighted by molar-refractivity contribution is -0.130. The van der Waals surface area contributed by atoms with Crippen molar-refractivity contribution in [1.29, 1.82) is 0 Å². The fourth-order valence-electron chi connectivity index (χ4n) is 0.478. The molecule has 0 aromatic rings. The number of amides is 1. The van der Waals surface area contributed by atoms with Crippen LogP contribution < -0.4 is 5.32 Å². The summed E-state index contributed by atoms with van der Waals surface area (Å²) in [7, 11) is 0. The average Bonchev–Trinajstić information content (AvgIpc) is 1.82. The van der Waals surface area contributed by atoms with Crippen molar-refractivity contribution in [3.8, 4) is 0 Å². The minimum atomic E-state index is -4.64. The maximum atomic E-state index is 11.8. The van der Waals surface area contributed by atoms with Crippen LogP contribution in [0.25, 0.3) is 0 Å². The Bertz CT molecular complexity index is 195. The molecule has 0 spiro atoms. The summed E-state index contributed by atoms with van der Waals surface area (Å²) in [6, 6.07) is -0.323. The van der Waals surface area contributed by atoms with Gasteiger partial charge in [0.1, 0.15) is 5.57 Å². The molecule has 70 valence electrons. The highest BCUT2D eigenvalue weighted by atomic mass is 19.4. The fourth-order valence-corrected chi connectivity index (χ4v) is 0.478. The molecule has 0 aliphatic carbocycles. The number of alkyl halides is 3. The fraction of sp³-hybridized carbons (Fsp3) is 0.571. The van der Waals surface area contributed by atoms with E-state index >= 15 is 0 Å². The van der Waals surface area contributed by atoms with Crippen molar-refractivity contribution in [2.75, 3.05) is 0 Å². The van der Waals surface area contributed by atoms with Gasteiger partial charge in [-0.25, -0.2) is 0 Å². The third kappa shape index (κ3) is 3.41. The predicted octanol–water partition coefficient (Wildman–Crippen LogP) is 1.63. The molecule has 1 amide bonds. The molecule has 0 unspecified atom stereocenters. The van der Waals surface area contributed by atoms with Gasteiger partial charge in [0.25, 0.3) is 5.91 Å². The Hall–Kier alpha value is -1.00. The van der Waals surface area contributed by atoms with Gasteiger partial charge in [-0.15, -0.1) is 0 Å². The van der Waals surface area contributed by atoms with Gasteiger partial charge in [-0.3, -0.25) is 4.79 Å². The summed E-state index contributed by atoms with van der Waals surface area (Å²) in [6.45, 7) is 5.78. The van der Waals surface area contributed by atoms with Crippen LogP contribution in [0.2, 0.25) is 0 Å². The second-order valence-corrected chi connectivity index (χ2v) is 2.60. The number of hydrogen-bond donors (Lipinski definition) is 1. The molecule has 0 fully saturated rings. The van der Waals surface area contributed by atoms with E-state index in [1.807, 2.05) is 0 Å². The Morgan fingerprint density at radius 3 is 2.08 bits per heavy atom. The molecule has 0 bridgehead atoms. The van der Waals surface area contributed by atoms with Crippen LogP contribution in [-0.2, 0) is 4.79 Å². The van der Waals surface area contributed by atoms with Gasteiger partial charge in [0, 0.05) is 6.04 Å². The largest absolute Gasteiger partial charge is 0.421 e. The van der Waals surface area contributed by atoms with Crippen LogP contribution in [0.5, 0.6) is 0 Å². The second-order valence-electron chi connectivity index (χ2n) is 2.60. The highest BCUT2D eigenvalue weighted by molar-refractivity contribution is 5.94. The van der Waals surface area contributed by atoms with Crippen LogP contribution in [0.3, 0.4) is 0 Å². The van der Waals surface area contributed by atoms with Crippen molar-refractivity contribution in [3.63, 3.8) is 0 Å². The minimum absolute atomic E-state index is 0.323. The lowest BCUT2D eigenvalue weighted by atomic mass is 10.2. The first-order chi connectivity index (χ1) is 5.25.